The van der Waals surface area contributed by atoms with E-state index < -0.39 is 11.9 Å². The summed E-state index contributed by atoms with van der Waals surface area (Å²) >= 11 is 0. The van der Waals surface area contributed by atoms with Crippen LogP contribution in [-0.2, 0) is 6.42 Å². The van der Waals surface area contributed by atoms with Crippen molar-refractivity contribution in [2.75, 3.05) is 12.8 Å². The van der Waals surface area contributed by atoms with Gasteiger partial charge in [-0.3, -0.25) is 0 Å². The van der Waals surface area contributed by atoms with Gasteiger partial charge in [-0.25, -0.2) is 9.37 Å². The first-order valence-corrected chi connectivity index (χ1v) is 5.82. The van der Waals surface area contributed by atoms with Gasteiger partial charge in [-0.1, -0.05) is 12.1 Å². The summed E-state index contributed by atoms with van der Waals surface area (Å²) in [7, 11) is 1.39. The highest BCUT2D eigenvalue weighted by Gasteiger charge is 2.13. The summed E-state index contributed by atoms with van der Waals surface area (Å²) < 4.78 is 18.4. The highest BCUT2D eigenvalue weighted by atomic mass is 19.1. The third kappa shape index (κ3) is 3.00. The summed E-state index contributed by atoms with van der Waals surface area (Å²) in [6.07, 6.45) is 1.02. The van der Waals surface area contributed by atoms with Crippen molar-refractivity contribution < 1.29 is 14.2 Å². The fourth-order valence-corrected chi connectivity index (χ4v) is 1.84. The molecule has 0 bridgehead atoms. The number of benzene rings is 1. The number of ether oxygens (including phenoxy) is 1. The predicted octanol–water partition coefficient (Wildman–Crippen LogP) is 2.09. The summed E-state index contributed by atoms with van der Waals surface area (Å²) in [5, 5.41) is 10.1. The number of aromatic nitrogens is 1. The molecule has 100 valence electrons. The number of aliphatic hydroxyl groups is 1. The molecule has 0 amide bonds. The van der Waals surface area contributed by atoms with Gasteiger partial charge in [-0.2, -0.15) is 0 Å². The molecule has 1 atom stereocenters. The molecule has 1 unspecified atom stereocenters. The molecule has 0 saturated carbocycles. The van der Waals surface area contributed by atoms with Gasteiger partial charge in [0.2, 0.25) is 0 Å². The van der Waals surface area contributed by atoms with E-state index in [0.29, 0.717) is 11.4 Å². The molecule has 1 aromatic carbocycles. The van der Waals surface area contributed by atoms with E-state index in [9.17, 15) is 9.50 Å². The predicted molar refractivity (Wildman–Crippen MR) is 70.3 cm³/mol. The van der Waals surface area contributed by atoms with Crippen LogP contribution in [0.4, 0.5) is 10.2 Å². The van der Waals surface area contributed by atoms with E-state index in [1.807, 2.05) is 0 Å². The van der Waals surface area contributed by atoms with Gasteiger partial charge in [0.25, 0.3) is 0 Å². The highest BCUT2D eigenvalue weighted by molar-refractivity contribution is 5.40. The largest absolute Gasteiger partial charge is 0.494 e. The van der Waals surface area contributed by atoms with Crippen LogP contribution in [0.5, 0.6) is 5.75 Å². The molecule has 0 aliphatic carbocycles. The fourth-order valence-electron chi connectivity index (χ4n) is 1.84. The smallest absolute Gasteiger partial charge is 0.165 e. The van der Waals surface area contributed by atoms with E-state index in [0.717, 1.165) is 5.56 Å². The number of nitrogens with two attached hydrogens (primary N) is 1. The Morgan fingerprint density at radius 3 is 2.84 bits per heavy atom. The third-order valence-electron chi connectivity index (χ3n) is 2.90. The molecular weight excluding hydrogens is 247 g/mol. The van der Waals surface area contributed by atoms with Crippen LogP contribution in [-0.4, -0.2) is 17.2 Å². The molecule has 4 nitrogen and oxygen atoms in total. The highest BCUT2D eigenvalue weighted by Crippen LogP contribution is 2.25. The molecule has 3 N–H and O–H groups in total. The van der Waals surface area contributed by atoms with Gasteiger partial charge in [0.05, 0.1) is 13.2 Å². The maximum Gasteiger partial charge on any atom is 0.165 e. The molecule has 1 aromatic heterocycles. The molecule has 2 rings (SSSR count). The number of nitrogens with zero attached hydrogens (tertiary/aromatic N) is 1. The van der Waals surface area contributed by atoms with Gasteiger partial charge in [0.15, 0.2) is 11.6 Å². The molecule has 0 radical (unpaired) electrons. The quantitative estimate of drug-likeness (QED) is 0.885. The number of hydrogen-bond acceptors (Lipinski definition) is 4. The number of pyridine rings is 1. The van der Waals surface area contributed by atoms with E-state index in [2.05, 4.69) is 4.98 Å². The summed E-state index contributed by atoms with van der Waals surface area (Å²) in [6, 6.07) is 7.90. The Balaban J connectivity index is 2.18. The number of anilines is 1. The number of hydrogen-bond donors (Lipinski definition) is 2. The Hall–Kier alpha value is -2.14. The molecule has 1 heterocycles. The Bertz CT molecular complexity index is 575. The van der Waals surface area contributed by atoms with Crippen molar-refractivity contribution in [3.63, 3.8) is 0 Å². The van der Waals surface area contributed by atoms with Crippen LogP contribution in [0, 0.1) is 5.82 Å². The Morgan fingerprint density at radius 2 is 2.21 bits per heavy atom. The van der Waals surface area contributed by atoms with Crippen LogP contribution in [0.2, 0.25) is 0 Å². The van der Waals surface area contributed by atoms with Gasteiger partial charge in [0, 0.05) is 12.6 Å². The Morgan fingerprint density at radius 1 is 1.42 bits per heavy atom. The second kappa shape index (κ2) is 5.67. The lowest BCUT2D eigenvalue weighted by molar-refractivity contribution is 0.178. The molecular formula is C14H15FN2O2. The average Bonchev–Trinajstić information content (AvgIpc) is 2.41. The van der Waals surface area contributed by atoms with Crippen molar-refractivity contribution in [2.24, 2.45) is 0 Å². The number of nitrogen functional groups attached to an aromatic ring is 1. The van der Waals surface area contributed by atoms with Crippen molar-refractivity contribution in [2.45, 2.75) is 12.5 Å². The third-order valence-corrected chi connectivity index (χ3v) is 2.90. The minimum absolute atomic E-state index is 0.150. The first-order chi connectivity index (χ1) is 9.11. The van der Waals surface area contributed by atoms with Crippen LogP contribution in [0.3, 0.4) is 0 Å². The molecule has 2 aromatic rings. The van der Waals surface area contributed by atoms with Crippen molar-refractivity contribution in [1.82, 2.24) is 4.98 Å². The minimum atomic E-state index is -0.841. The number of halogens is 1. The number of methoxy groups -OCH3 is 1. The molecule has 19 heavy (non-hydrogen) atoms. The molecule has 0 saturated heterocycles. The van der Waals surface area contributed by atoms with Gasteiger partial charge in [0.1, 0.15) is 5.82 Å². The Kier molecular flexibility index (Phi) is 3.97. The lowest BCUT2D eigenvalue weighted by Crippen LogP contribution is -2.06. The van der Waals surface area contributed by atoms with Gasteiger partial charge >= 0.3 is 0 Å². The van der Waals surface area contributed by atoms with E-state index in [-0.39, 0.29) is 12.2 Å². The van der Waals surface area contributed by atoms with Gasteiger partial charge in [-0.15, -0.1) is 0 Å². The topological polar surface area (TPSA) is 68.4 Å². The molecule has 0 aliphatic heterocycles. The zero-order valence-electron chi connectivity index (χ0n) is 10.5. The van der Waals surface area contributed by atoms with Crippen LogP contribution in [0.1, 0.15) is 17.2 Å². The van der Waals surface area contributed by atoms with Crippen molar-refractivity contribution >= 4 is 5.82 Å². The van der Waals surface area contributed by atoms with Gasteiger partial charge in [-0.05, 0) is 29.3 Å². The van der Waals surface area contributed by atoms with E-state index in [1.165, 1.54) is 19.2 Å². The van der Waals surface area contributed by atoms with Crippen LogP contribution in [0.25, 0.3) is 0 Å². The van der Waals surface area contributed by atoms with Crippen molar-refractivity contribution in [1.29, 1.82) is 0 Å². The zero-order valence-corrected chi connectivity index (χ0v) is 10.5. The minimum Gasteiger partial charge on any atom is -0.494 e. The van der Waals surface area contributed by atoms with Gasteiger partial charge < -0.3 is 15.6 Å². The molecule has 0 aliphatic rings. The van der Waals surface area contributed by atoms with Crippen molar-refractivity contribution in [3.05, 3.63) is 53.5 Å². The summed E-state index contributed by atoms with van der Waals surface area (Å²) in [4.78, 5) is 3.94. The van der Waals surface area contributed by atoms with E-state index >= 15 is 0 Å². The normalized spacial score (nSPS) is 12.2. The number of aliphatic hydroxyl groups excluding tert-OH is 1. The van der Waals surface area contributed by atoms with Crippen LogP contribution in [0.15, 0.2) is 36.5 Å². The zero-order chi connectivity index (χ0) is 13.8. The van der Waals surface area contributed by atoms with E-state index in [1.54, 1.807) is 24.4 Å². The lowest BCUT2D eigenvalue weighted by atomic mass is 10.0. The summed E-state index contributed by atoms with van der Waals surface area (Å²) in [5.74, 6) is 0.0191. The number of rotatable bonds is 4. The van der Waals surface area contributed by atoms with Crippen LogP contribution >= 0.6 is 0 Å². The average molecular weight is 262 g/mol. The summed E-state index contributed by atoms with van der Waals surface area (Å²) in [6.45, 7) is 0. The molecule has 0 spiro atoms. The molecule has 5 heteroatoms. The standard InChI is InChI=1S/C14H15FN2O2/c1-19-13-5-4-9(7-11(13)15)12(18)8-10-3-2-6-17-14(10)16/h2-7,12,18H,8H2,1H3,(H2,16,17). The first-order valence-electron chi connectivity index (χ1n) is 5.82. The first kappa shape index (κ1) is 13.3. The second-order valence-corrected chi connectivity index (χ2v) is 4.16. The lowest BCUT2D eigenvalue weighted by Gasteiger charge is -2.13. The maximum absolute atomic E-state index is 13.6. The monoisotopic (exact) mass is 262 g/mol. The maximum atomic E-state index is 13.6. The Labute approximate surface area is 110 Å². The van der Waals surface area contributed by atoms with E-state index in [4.69, 9.17) is 10.5 Å². The fraction of sp³-hybridized carbons (Fsp3) is 0.214. The SMILES string of the molecule is COc1ccc(C(O)Cc2cccnc2N)cc1F. The summed E-state index contributed by atoms with van der Waals surface area (Å²) in [5.41, 5.74) is 6.91. The second-order valence-electron chi connectivity index (χ2n) is 4.16. The van der Waals surface area contributed by atoms with Crippen molar-refractivity contribution in [3.8, 4) is 5.75 Å². The van der Waals surface area contributed by atoms with Crippen LogP contribution < -0.4 is 10.5 Å². The molecule has 0 fully saturated rings.